The van der Waals surface area contributed by atoms with Gasteiger partial charge in [-0.1, -0.05) is 19.1 Å². The fraction of sp³-hybridized carbons (Fsp3) is 0.357. The Morgan fingerprint density at radius 3 is 3.12 bits per heavy atom. The van der Waals surface area contributed by atoms with Crippen LogP contribution in [0.15, 0.2) is 36.5 Å². The Bertz CT molecular complexity index is 470. The van der Waals surface area contributed by atoms with Gasteiger partial charge in [0.25, 0.3) is 0 Å². The van der Waals surface area contributed by atoms with Crippen LogP contribution in [-0.2, 0) is 11.3 Å². The lowest BCUT2D eigenvalue weighted by Crippen LogP contribution is -2.18. The molecule has 3 nitrogen and oxygen atoms in total. The van der Waals surface area contributed by atoms with Crippen LogP contribution in [0.1, 0.15) is 12.5 Å². The molecule has 0 spiro atoms. The average molecular weight is 230 g/mol. The SMILES string of the molecule is CCNCCOCc1ccc2ncccc2c1. The molecular weight excluding hydrogens is 212 g/mol. The molecule has 2 rings (SSSR count). The standard InChI is InChI=1S/C14H18N2O/c1-2-15-8-9-17-11-12-5-6-14-13(10-12)4-3-7-16-14/h3-7,10,15H,2,8-9,11H2,1H3. The summed E-state index contributed by atoms with van der Waals surface area (Å²) in [5.41, 5.74) is 2.23. The Labute approximate surface area is 102 Å². The number of ether oxygens (including phenoxy) is 1. The van der Waals surface area contributed by atoms with E-state index >= 15 is 0 Å². The number of benzene rings is 1. The lowest BCUT2D eigenvalue weighted by molar-refractivity contribution is 0.123. The molecule has 0 bridgehead atoms. The summed E-state index contributed by atoms with van der Waals surface area (Å²) in [7, 11) is 0. The third-order valence-electron chi connectivity index (χ3n) is 2.61. The number of hydrogen-bond donors (Lipinski definition) is 1. The number of rotatable bonds is 6. The Morgan fingerprint density at radius 2 is 2.24 bits per heavy atom. The van der Waals surface area contributed by atoms with E-state index in [4.69, 9.17) is 4.74 Å². The van der Waals surface area contributed by atoms with Crippen LogP contribution < -0.4 is 5.32 Å². The zero-order valence-electron chi connectivity index (χ0n) is 10.1. The Balaban J connectivity index is 1.90. The fourth-order valence-corrected chi connectivity index (χ4v) is 1.73. The van der Waals surface area contributed by atoms with Crippen LogP contribution in [0.4, 0.5) is 0 Å². The van der Waals surface area contributed by atoms with E-state index < -0.39 is 0 Å². The second-order valence-corrected chi connectivity index (χ2v) is 3.94. The highest BCUT2D eigenvalue weighted by molar-refractivity contribution is 5.78. The van der Waals surface area contributed by atoms with Crippen LogP contribution in [0.2, 0.25) is 0 Å². The molecule has 0 saturated carbocycles. The van der Waals surface area contributed by atoms with E-state index in [2.05, 4.69) is 35.4 Å². The molecule has 90 valence electrons. The number of pyridine rings is 1. The summed E-state index contributed by atoms with van der Waals surface area (Å²) in [6, 6.07) is 10.3. The lowest BCUT2D eigenvalue weighted by Gasteiger charge is -2.05. The smallest absolute Gasteiger partial charge is 0.0717 e. The predicted molar refractivity (Wildman–Crippen MR) is 69.9 cm³/mol. The van der Waals surface area contributed by atoms with Crippen molar-refractivity contribution >= 4 is 10.9 Å². The first-order valence-electron chi connectivity index (χ1n) is 6.02. The maximum Gasteiger partial charge on any atom is 0.0717 e. The van der Waals surface area contributed by atoms with Gasteiger partial charge in [0.05, 0.1) is 18.7 Å². The zero-order valence-corrected chi connectivity index (χ0v) is 10.1. The molecule has 0 radical (unpaired) electrons. The van der Waals surface area contributed by atoms with E-state index in [9.17, 15) is 0 Å². The predicted octanol–water partition coefficient (Wildman–Crippen LogP) is 2.36. The van der Waals surface area contributed by atoms with Gasteiger partial charge in [-0.2, -0.15) is 0 Å². The van der Waals surface area contributed by atoms with Gasteiger partial charge < -0.3 is 10.1 Å². The number of aromatic nitrogens is 1. The summed E-state index contributed by atoms with van der Waals surface area (Å²) >= 11 is 0. The normalized spacial score (nSPS) is 10.9. The van der Waals surface area contributed by atoms with Gasteiger partial charge in [-0.25, -0.2) is 0 Å². The van der Waals surface area contributed by atoms with Gasteiger partial charge >= 0.3 is 0 Å². The van der Waals surface area contributed by atoms with Crippen LogP contribution in [0.25, 0.3) is 10.9 Å². The number of likely N-dealkylation sites (N-methyl/N-ethyl adjacent to an activating group) is 1. The molecule has 0 atom stereocenters. The van der Waals surface area contributed by atoms with Gasteiger partial charge in [0.15, 0.2) is 0 Å². The van der Waals surface area contributed by atoms with E-state index in [1.54, 1.807) is 0 Å². The van der Waals surface area contributed by atoms with Crippen LogP contribution in [0, 0.1) is 0 Å². The van der Waals surface area contributed by atoms with Crippen molar-refractivity contribution in [1.29, 1.82) is 0 Å². The Kier molecular flexibility index (Phi) is 4.47. The minimum atomic E-state index is 0.663. The van der Waals surface area contributed by atoms with Crippen molar-refractivity contribution < 1.29 is 4.74 Å². The summed E-state index contributed by atoms with van der Waals surface area (Å²) in [5, 5.41) is 4.40. The highest BCUT2D eigenvalue weighted by Crippen LogP contribution is 2.13. The van der Waals surface area contributed by atoms with E-state index in [-0.39, 0.29) is 0 Å². The molecule has 1 aromatic heterocycles. The molecule has 0 aliphatic carbocycles. The molecule has 1 aromatic carbocycles. The monoisotopic (exact) mass is 230 g/mol. The van der Waals surface area contributed by atoms with Crippen molar-refractivity contribution in [2.75, 3.05) is 19.7 Å². The van der Waals surface area contributed by atoms with Gasteiger partial charge in [0, 0.05) is 18.1 Å². The topological polar surface area (TPSA) is 34.1 Å². The van der Waals surface area contributed by atoms with Crippen molar-refractivity contribution in [2.24, 2.45) is 0 Å². The first-order chi connectivity index (χ1) is 8.40. The summed E-state index contributed by atoms with van der Waals surface area (Å²) in [5.74, 6) is 0. The van der Waals surface area contributed by atoms with E-state index in [0.29, 0.717) is 6.61 Å². The zero-order chi connectivity index (χ0) is 11.9. The molecule has 0 unspecified atom stereocenters. The molecule has 0 saturated heterocycles. The maximum absolute atomic E-state index is 5.59. The number of hydrogen-bond acceptors (Lipinski definition) is 3. The molecule has 1 heterocycles. The van der Waals surface area contributed by atoms with E-state index in [1.165, 1.54) is 10.9 Å². The minimum Gasteiger partial charge on any atom is -0.375 e. The first kappa shape index (κ1) is 12.0. The summed E-state index contributed by atoms with van der Waals surface area (Å²) in [4.78, 5) is 4.29. The summed E-state index contributed by atoms with van der Waals surface area (Å²) in [6.45, 7) is 5.40. The average Bonchev–Trinajstić information content (AvgIpc) is 2.38. The van der Waals surface area contributed by atoms with Crippen LogP contribution in [0.5, 0.6) is 0 Å². The third kappa shape index (κ3) is 3.51. The van der Waals surface area contributed by atoms with Crippen molar-refractivity contribution in [2.45, 2.75) is 13.5 Å². The Hall–Kier alpha value is -1.45. The van der Waals surface area contributed by atoms with Crippen LogP contribution in [0.3, 0.4) is 0 Å². The van der Waals surface area contributed by atoms with Gasteiger partial charge in [-0.05, 0) is 30.3 Å². The maximum atomic E-state index is 5.59. The summed E-state index contributed by atoms with van der Waals surface area (Å²) in [6.07, 6.45) is 1.81. The van der Waals surface area contributed by atoms with Gasteiger partial charge in [0.1, 0.15) is 0 Å². The number of nitrogens with one attached hydrogen (secondary N) is 1. The molecular formula is C14H18N2O. The molecule has 1 N–H and O–H groups in total. The Morgan fingerprint density at radius 1 is 1.29 bits per heavy atom. The van der Waals surface area contributed by atoms with Crippen molar-refractivity contribution in [3.63, 3.8) is 0 Å². The third-order valence-corrected chi connectivity index (χ3v) is 2.61. The van der Waals surface area contributed by atoms with Crippen molar-refractivity contribution in [1.82, 2.24) is 10.3 Å². The molecule has 2 aromatic rings. The van der Waals surface area contributed by atoms with Crippen LogP contribution >= 0.6 is 0 Å². The highest BCUT2D eigenvalue weighted by atomic mass is 16.5. The molecule has 0 aliphatic heterocycles. The number of nitrogens with zero attached hydrogens (tertiary/aromatic N) is 1. The van der Waals surface area contributed by atoms with E-state index in [1.807, 2.05) is 18.3 Å². The van der Waals surface area contributed by atoms with Gasteiger partial charge in [-0.15, -0.1) is 0 Å². The van der Waals surface area contributed by atoms with Gasteiger partial charge in [0.2, 0.25) is 0 Å². The second-order valence-electron chi connectivity index (χ2n) is 3.94. The highest BCUT2D eigenvalue weighted by Gasteiger charge is 1.97. The largest absolute Gasteiger partial charge is 0.375 e. The quantitative estimate of drug-likeness (QED) is 0.774. The number of fused-ring (bicyclic) bond motifs is 1. The fourth-order valence-electron chi connectivity index (χ4n) is 1.73. The first-order valence-corrected chi connectivity index (χ1v) is 6.02. The minimum absolute atomic E-state index is 0.663. The van der Waals surface area contributed by atoms with Crippen molar-refractivity contribution in [3.05, 3.63) is 42.1 Å². The van der Waals surface area contributed by atoms with Gasteiger partial charge in [-0.3, -0.25) is 4.98 Å². The van der Waals surface area contributed by atoms with Crippen LogP contribution in [-0.4, -0.2) is 24.7 Å². The van der Waals surface area contributed by atoms with E-state index in [0.717, 1.165) is 25.2 Å². The molecule has 17 heavy (non-hydrogen) atoms. The molecule has 0 aliphatic rings. The van der Waals surface area contributed by atoms with Crippen molar-refractivity contribution in [3.8, 4) is 0 Å². The molecule has 3 heteroatoms. The second kappa shape index (κ2) is 6.33. The molecule has 0 amide bonds. The lowest BCUT2D eigenvalue weighted by atomic mass is 10.1. The molecule has 0 fully saturated rings. The summed E-state index contributed by atoms with van der Waals surface area (Å²) < 4.78 is 5.59.